The first-order valence-corrected chi connectivity index (χ1v) is 12.5. The van der Waals surface area contributed by atoms with E-state index < -0.39 is 0 Å². The van der Waals surface area contributed by atoms with Crippen molar-refractivity contribution in [2.45, 2.75) is 12.3 Å². The fourth-order valence-corrected chi connectivity index (χ4v) is 5.01. The molecule has 0 N–H and O–H groups in total. The molecule has 2 aromatic heterocycles. The van der Waals surface area contributed by atoms with Gasteiger partial charge < -0.3 is 4.42 Å². The van der Waals surface area contributed by atoms with Gasteiger partial charge in [-0.3, -0.25) is 0 Å². The van der Waals surface area contributed by atoms with E-state index in [4.69, 9.17) is 19.4 Å². The molecule has 176 valence electrons. The summed E-state index contributed by atoms with van der Waals surface area (Å²) in [4.78, 5) is 15.0. The fourth-order valence-electron chi connectivity index (χ4n) is 5.01. The fraction of sp³-hybridized carbons (Fsp3) is 0.0606. The van der Waals surface area contributed by atoms with E-state index in [2.05, 4.69) is 54.6 Å². The molecule has 0 aliphatic heterocycles. The molecule has 6 aromatic rings. The third-order valence-electron chi connectivity index (χ3n) is 6.87. The lowest BCUT2D eigenvalue weighted by Crippen LogP contribution is -2.08. The lowest BCUT2D eigenvalue weighted by atomic mass is 9.92. The Bertz CT molecular complexity index is 1800. The van der Waals surface area contributed by atoms with Gasteiger partial charge in [0.15, 0.2) is 11.6 Å². The van der Waals surface area contributed by atoms with Crippen LogP contribution in [0.2, 0.25) is 0 Å². The lowest BCUT2D eigenvalue weighted by Gasteiger charge is -2.17. The highest BCUT2D eigenvalue weighted by Gasteiger charge is 2.21. The molecule has 0 bridgehead atoms. The van der Waals surface area contributed by atoms with Crippen LogP contribution in [0.3, 0.4) is 0 Å². The van der Waals surface area contributed by atoms with E-state index in [1.54, 1.807) is 0 Å². The largest absolute Gasteiger partial charge is 0.456 e. The zero-order valence-electron chi connectivity index (χ0n) is 20.1. The first kappa shape index (κ1) is 21.5. The van der Waals surface area contributed by atoms with E-state index in [1.807, 2.05) is 66.7 Å². The summed E-state index contributed by atoms with van der Waals surface area (Å²) in [5.41, 5.74) is 6.05. The maximum Gasteiger partial charge on any atom is 0.164 e. The van der Waals surface area contributed by atoms with Gasteiger partial charge in [-0.05, 0) is 29.7 Å². The molecule has 4 heteroatoms. The van der Waals surface area contributed by atoms with E-state index in [-0.39, 0.29) is 5.92 Å². The maximum atomic E-state index is 6.14. The summed E-state index contributed by atoms with van der Waals surface area (Å²) in [6.45, 7) is 0. The first-order valence-electron chi connectivity index (χ1n) is 12.5. The number of fused-ring (bicyclic) bond motifs is 3. The second-order valence-corrected chi connectivity index (χ2v) is 9.21. The molecule has 0 amide bonds. The third kappa shape index (κ3) is 3.93. The Morgan fingerprint density at radius 1 is 0.622 bits per heavy atom. The molecule has 1 aliphatic rings. The van der Waals surface area contributed by atoms with Crippen LogP contribution >= 0.6 is 0 Å². The molecule has 7 rings (SSSR count). The minimum absolute atomic E-state index is 0.0666. The van der Waals surface area contributed by atoms with Crippen molar-refractivity contribution in [3.8, 4) is 22.8 Å². The quantitative estimate of drug-likeness (QED) is 0.257. The third-order valence-corrected chi connectivity index (χ3v) is 6.87. The van der Waals surface area contributed by atoms with Gasteiger partial charge in [0.25, 0.3) is 0 Å². The molecule has 4 aromatic carbocycles. The van der Waals surface area contributed by atoms with Gasteiger partial charge in [-0.2, -0.15) is 0 Å². The Balaban J connectivity index is 1.37. The summed E-state index contributed by atoms with van der Waals surface area (Å²) in [6, 6.07) is 34.8. The van der Waals surface area contributed by atoms with Crippen LogP contribution in [0.5, 0.6) is 0 Å². The Kier molecular flexibility index (Phi) is 5.21. The van der Waals surface area contributed by atoms with Crippen molar-refractivity contribution >= 4 is 27.5 Å². The average Bonchev–Trinajstić information content (AvgIpc) is 3.37. The topological polar surface area (TPSA) is 51.8 Å². The highest BCUT2D eigenvalue weighted by atomic mass is 16.3. The molecule has 2 heterocycles. The molecular formula is C33H23N3O. The lowest BCUT2D eigenvalue weighted by molar-refractivity contribution is 0.669. The number of allylic oxidation sites excluding steroid dienone is 4. The van der Waals surface area contributed by atoms with Crippen LogP contribution in [0.15, 0.2) is 126 Å². The highest BCUT2D eigenvalue weighted by Crippen LogP contribution is 2.37. The summed E-state index contributed by atoms with van der Waals surface area (Å²) in [6.07, 6.45) is 7.50. The van der Waals surface area contributed by atoms with Gasteiger partial charge >= 0.3 is 0 Å². The Hall–Kier alpha value is -4.83. The molecule has 0 spiro atoms. The number of benzene rings is 4. The molecule has 4 nitrogen and oxygen atoms in total. The van der Waals surface area contributed by atoms with Gasteiger partial charge in [0.1, 0.15) is 17.0 Å². The maximum absolute atomic E-state index is 6.14. The van der Waals surface area contributed by atoms with Crippen LogP contribution in [0.25, 0.3) is 50.3 Å². The normalized spacial score (nSPS) is 15.2. The first-order chi connectivity index (χ1) is 18.3. The number of hydrogen-bond acceptors (Lipinski definition) is 4. The molecule has 0 fully saturated rings. The summed E-state index contributed by atoms with van der Waals surface area (Å²) < 4.78 is 6.14. The zero-order chi connectivity index (χ0) is 24.6. The van der Waals surface area contributed by atoms with Crippen molar-refractivity contribution in [3.05, 3.63) is 133 Å². The van der Waals surface area contributed by atoms with E-state index in [0.717, 1.165) is 45.3 Å². The van der Waals surface area contributed by atoms with Gasteiger partial charge in [-0.1, -0.05) is 109 Å². The molecule has 1 unspecified atom stereocenters. The van der Waals surface area contributed by atoms with Gasteiger partial charge in [-0.15, -0.1) is 0 Å². The monoisotopic (exact) mass is 477 g/mol. The van der Waals surface area contributed by atoms with Gasteiger partial charge in [0.05, 0.1) is 0 Å². The molecule has 1 atom stereocenters. The number of furan rings is 1. The van der Waals surface area contributed by atoms with Crippen molar-refractivity contribution in [1.82, 2.24) is 15.0 Å². The molecule has 1 aliphatic carbocycles. The van der Waals surface area contributed by atoms with Crippen molar-refractivity contribution in [3.63, 3.8) is 0 Å². The molecule has 0 saturated heterocycles. The van der Waals surface area contributed by atoms with Crippen LogP contribution in [-0.2, 0) is 0 Å². The van der Waals surface area contributed by atoms with Gasteiger partial charge in [-0.25, -0.2) is 15.0 Å². The standard InChI is InChI=1S/C33H23N3O/c1-3-10-22(11-4-1)23-18-20-25(21-19-23)32-34-31(24-12-5-2-6-13-24)35-33(36-32)27-15-9-17-29-30(27)26-14-7-8-16-28(26)37-29/h1-20,25H,21H2. The number of aromatic nitrogens is 3. The molecular weight excluding hydrogens is 454 g/mol. The number of para-hydroxylation sites is 1. The molecule has 0 saturated carbocycles. The summed E-state index contributed by atoms with van der Waals surface area (Å²) >= 11 is 0. The van der Waals surface area contributed by atoms with Crippen LogP contribution < -0.4 is 0 Å². The minimum Gasteiger partial charge on any atom is -0.456 e. The molecule has 0 radical (unpaired) electrons. The van der Waals surface area contributed by atoms with Gasteiger partial charge in [0, 0.05) is 27.8 Å². The SMILES string of the molecule is C1=CC(c2nc(-c3ccccc3)nc(-c3cccc4oc5ccccc5c34)n2)CC=C1c1ccccc1. The van der Waals surface area contributed by atoms with E-state index >= 15 is 0 Å². The Morgan fingerprint density at radius 2 is 1.32 bits per heavy atom. The predicted molar refractivity (Wildman–Crippen MR) is 149 cm³/mol. The summed E-state index contributed by atoms with van der Waals surface area (Å²) in [5.74, 6) is 2.18. The van der Waals surface area contributed by atoms with Crippen LogP contribution in [0.1, 0.15) is 23.7 Å². The van der Waals surface area contributed by atoms with Crippen molar-refractivity contribution in [2.75, 3.05) is 0 Å². The number of hydrogen-bond donors (Lipinski definition) is 0. The summed E-state index contributed by atoms with van der Waals surface area (Å²) in [7, 11) is 0. The second kappa shape index (κ2) is 8.99. The van der Waals surface area contributed by atoms with Crippen LogP contribution in [-0.4, -0.2) is 15.0 Å². The smallest absolute Gasteiger partial charge is 0.164 e. The summed E-state index contributed by atoms with van der Waals surface area (Å²) in [5, 5.41) is 2.09. The van der Waals surface area contributed by atoms with Crippen molar-refractivity contribution in [1.29, 1.82) is 0 Å². The second-order valence-electron chi connectivity index (χ2n) is 9.21. The average molecular weight is 478 g/mol. The van der Waals surface area contributed by atoms with Gasteiger partial charge in [0.2, 0.25) is 0 Å². The Morgan fingerprint density at radius 3 is 2.11 bits per heavy atom. The minimum atomic E-state index is 0.0666. The predicted octanol–water partition coefficient (Wildman–Crippen LogP) is 8.23. The van der Waals surface area contributed by atoms with E-state index in [0.29, 0.717) is 11.6 Å². The number of rotatable bonds is 4. The van der Waals surface area contributed by atoms with Crippen molar-refractivity contribution < 1.29 is 4.42 Å². The number of nitrogens with zero attached hydrogens (tertiary/aromatic N) is 3. The zero-order valence-corrected chi connectivity index (χ0v) is 20.1. The van der Waals surface area contributed by atoms with Crippen LogP contribution in [0, 0.1) is 0 Å². The molecule has 37 heavy (non-hydrogen) atoms. The van der Waals surface area contributed by atoms with Crippen molar-refractivity contribution in [2.24, 2.45) is 0 Å². The Labute approximate surface area is 214 Å². The van der Waals surface area contributed by atoms with E-state index in [1.165, 1.54) is 11.1 Å². The van der Waals surface area contributed by atoms with E-state index in [9.17, 15) is 0 Å². The highest BCUT2D eigenvalue weighted by molar-refractivity contribution is 6.11. The van der Waals surface area contributed by atoms with Crippen LogP contribution in [0.4, 0.5) is 0 Å².